The Morgan fingerprint density at radius 2 is 2.29 bits per heavy atom. The molecule has 0 spiro atoms. The molecule has 14 heavy (non-hydrogen) atoms. The van der Waals surface area contributed by atoms with E-state index in [1.807, 2.05) is 12.1 Å². The molecule has 4 N–H and O–H groups in total. The molecule has 2 rings (SSSR count). The second-order valence-corrected chi connectivity index (χ2v) is 4.50. The van der Waals surface area contributed by atoms with Crippen molar-refractivity contribution in [2.24, 2.45) is 11.5 Å². The van der Waals surface area contributed by atoms with Crippen LogP contribution in [0.15, 0.2) is 23.1 Å². The van der Waals surface area contributed by atoms with Gasteiger partial charge in [0.2, 0.25) is 5.91 Å². The first-order valence-corrected chi connectivity index (χ1v) is 5.49. The van der Waals surface area contributed by atoms with Crippen LogP contribution in [0.25, 0.3) is 0 Å². The molecule has 0 unspecified atom stereocenters. The lowest BCUT2D eigenvalue weighted by atomic mass is 10.0. The molecule has 0 aliphatic carbocycles. The van der Waals surface area contributed by atoms with Crippen molar-refractivity contribution in [1.82, 2.24) is 0 Å². The fraction of sp³-hybridized carbons (Fsp3) is 0.300. The van der Waals surface area contributed by atoms with Crippen LogP contribution in [0, 0.1) is 0 Å². The molecule has 74 valence electrons. The number of benzene rings is 1. The highest BCUT2D eigenvalue weighted by Crippen LogP contribution is 2.35. The average molecular weight is 208 g/mol. The summed E-state index contributed by atoms with van der Waals surface area (Å²) >= 11 is 1.74. The van der Waals surface area contributed by atoms with E-state index in [1.54, 1.807) is 17.8 Å². The number of carbonyl (C=O) groups excluding carboxylic acids is 1. The predicted octanol–water partition coefficient (Wildman–Crippen LogP) is 1.28. The Balaban J connectivity index is 2.44. The van der Waals surface area contributed by atoms with Crippen LogP contribution in [0.1, 0.15) is 28.4 Å². The van der Waals surface area contributed by atoms with E-state index in [0.717, 1.165) is 22.6 Å². The van der Waals surface area contributed by atoms with E-state index in [2.05, 4.69) is 0 Å². The first-order valence-electron chi connectivity index (χ1n) is 4.50. The highest BCUT2D eigenvalue weighted by Gasteiger charge is 2.17. The number of hydrogen-bond acceptors (Lipinski definition) is 3. The highest BCUT2D eigenvalue weighted by molar-refractivity contribution is 7.99. The van der Waals surface area contributed by atoms with Gasteiger partial charge in [0.05, 0.1) is 0 Å². The Kier molecular flexibility index (Phi) is 2.48. The molecule has 4 heteroatoms. The minimum absolute atomic E-state index is 0.105. The maximum atomic E-state index is 10.9. The monoisotopic (exact) mass is 208 g/mol. The van der Waals surface area contributed by atoms with E-state index in [9.17, 15) is 4.79 Å². The number of fused-ring (bicyclic) bond motifs is 1. The van der Waals surface area contributed by atoms with E-state index in [-0.39, 0.29) is 11.9 Å². The standard InChI is InChI=1S/C10H12N2OS/c11-8-3-4-14-9-5-6(10(12)13)1-2-7(8)9/h1-2,5,8H,3-4,11H2,(H2,12,13)/t8-/m0/s1. The second kappa shape index (κ2) is 3.63. The second-order valence-electron chi connectivity index (χ2n) is 3.36. The predicted molar refractivity (Wildman–Crippen MR) is 57.2 cm³/mol. The molecule has 1 heterocycles. The van der Waals surface area contributed by atoms with Gasteiger partial charge in [-0.15, -0.1) is 11.8 Å². The Labute approximate surface area is 86.8 Å². The van der Waals surface area contributed by atoms with Gasteiger partial charge >= 0.3 is 0 Å². The number of amides is 1. The lowest BCUT2D eigenvalue weighted by molar-refractivity contribution is 0.1000. The quantitative estimate of drug-likeness (QED) is 0.730. The van der Waals surface area contributed by atoms with Crippen LogP contribution >= 0.6 is 11.8 Å². The number of carbonyl (C=O) groups is 1. The van der Waals surface area contributed by atoms with Crippen molar-refractivity contribution in [3.63, 3.8) is 0 Å². The lowest BCUT2D eigenvalue weighted by Crippen LogP contribution is -2.17. The number of hydrogen-bond donors (Lipinski definition) is 2. The van der Waals surface area contributed by atoms with Gasteiger partial charge in [-0.3, -0.25) is 4.79 Å². The minimum atomic E-state index is -0.382. The summed E-state index contributed by atoms with van der Waals surface area (Å²) in [6, 6.07) is 5.59. The third-order valence-corrected chi connectivity index (χ3v) is 3.49. The molecule has 0 radical (unpaired) electrons. The van der Waals surface area contributed by atoms with Crippen molar-refractivity contribution in [2.75, 3.05) is 5.75 Å². The molecular formula is C10H12N2OS. The van der Waals surface area contributed by atoms with E-state index >= 15 is 0 Å². The summed E-state index contributed by atoms with van der Waals surface area (Å²) in [6.45, 7) is 0. The van der Waals surface area contributed by atoms with Crippen LogP contribution < -0.4 is 11.5 Å². The maximum Gasteiger partial charge on any atom is 0.248 e. The number of rotatable bonds is 1. The number of nitrogens with two attached hydrogens (primary N) is 2. The minimum Gasteiger partial charge on any atom is -0.366 e. The molecule has 0 saturated carbocycles. The lowest BCUT2D eigenvalue weighted by Gasteiger charge is -2.21. The van der Waals surface area contributed by atoms with Crippen molar-refractivity contribution in [1.29, 1.82) is 0 Å². The van der Waals surface area contributed by atoms with Crippen LogP contribution in [-0.4, -0.2) is 11.7 Å². The largest absolute Gasteiger partial charge is 0.366 e. The third-order valence-electron chi connectivity index (χ3n) is 2.38. The summed E-state index contributed by atoms with van der Waals surface area (Å²) in [6.07, 6.45) is 0.994. The molecule has 1 aliphatic rings. The summed E-state index contributed by atoms with van der Waals surface area (Å²) in [7, 11) is 0. The zero-order valence-electron chi connectivity index (χ0n) is 7.69. The summed E-state index contributed by atoms with van der Waals surface area (Å²) in [5.41, 5.74) is 12.8. The van der Waals surface area contributed by atoms with Crippen LogP contribution in [-0.2, 0) is 0 Å². The highest BCUT2D eigenvalue weighted by atomic mass is 32.2. The molecule has 1 aromatic carbocycles. The average Bonchev–Trinajstić information content (AvgIpc) is 2.17. The molecular weight excluding hydrogens is 196 g/mol. The van der Waals surface area contributed by atoms with Crippen LogP contribution in [0.4, 0.5) is 0 Å². The molecule has 1 aromatic rings. The van der Waals surface area contributed by atoms with Gasteiger partial charge in [-0.1, -0.05) is 6.07 Å². The van der Waals surface area contributed by atoms with E-state index in [1.165, 1.54) is 0 Å². The number of primary amides is 1. The Morgan fingerprint density at radius 3 is 3.00 bits per heavy atom. The number of thioether (sulfide) groups is 1. The molecule has 1 atom stereocenters. The third kappa shape index (κ3) is 1.63. The first-order chi connectivity index (χ1) is 6.68. The van der Waals surface area contributed by atoms with Gasteiger partial charge < -0.3 is 11.5 Å². The smallest absolute Gasteiger partial charge is 0.248 e. The van der Waals surface area contributed by atoms with Crippen molar-refractivity contribution >= 4 is 17.7 Å². The van der Waals surface area contributed by atoms with Crippen LogP contribution in [0.3, 0.4) is 0 Å². The maximum absolute atomic E-state index is 10.9. The van der Waals surface area contributed by atoms with Gasteiger partial charge in [-0.05, 0) is 29.9 Å². The van der Waals surface area contributed by atoms with Gasteiger partial charge in [-0.2, -0.15) is 0 Å². The molecule has 0 saturated heterocycles. The van der Waals surface area contributed by atoms with Crippen molar-refractivity contribution < 1.29 is 4.79 Å². The van der Waals surface area contributed by atoms with Gasteiger partial charge in [-0.25, -0.2) is 0 Å². The fourth-order valence-corrected chi connectivity index (χ4v) is 2.76. The molecule has 1 aliphatic heterocycles. The molecule has 0 aromatic heterocycles. The zero-order valence-corrected chi connectivity index (χ0v) is 8.51. The zero-order chi connectivity index (χ0) is 10.1. The van der Waals surface area contributed by atoms with Gasteiger partial charge in [0, 0.05) is 16.5 Å². The van der Waals surface area contributed by atoms with E-state index < -0.39 is 0 Å². The van der Waals surface area contributed by atoms with Crippen LogP contribution in [0.5, 0.6) is 0 Å². The Morgan fingerprint density at radius 1 is 1.50 bits per heavy atom. The van der Waals surface area contributed by atoms with Crippen molar-refractivity contribution in [2.45, 2.75) is 17.4 Å². The Hall–Kier alpha value is -1.00. The normalized spacial score (nSPS) is 20.2. The van der Waals surface area contributed by atoms with Crippen molar-refractivity contribution in [3.05, 3.63) is 29.3 Å². The van der Waals surface area contributed by atoms with Crippen LogP contribution in [0.2, 0.25) is 0 Å². The topological polar surface area (TPSA) is 69.1 Å². The van der Waals surface area contributed by atoms with Gasteiger partial charge in [0.1, 0.15) is 0 Å². The molecule has 0 bridgehead atoms. The van der Waals surface area contributed by atoms with Crippen molar-refractivity contribution in [3.8, 4) is 0 Å². The molecule has 0 fully saturated rings. The summed E-state index contributed by atoms with van der Waals surface area (Å²) < 4.78 is 0. The summed E-state index contributed by atoms with van der Waals surface area (Å²) in [5.74, 6) is 0.628. The summed E-state index contributed by atoms with van der Waals surface area (Å²) in [4.78, 5) is 12.0. The van der Waals surface area contributed by atoms with Gasteiger partial charge in [0.15, 0.2) is 0 Å². The summed E-state index contributed by atoms with van der Waals surface area (Å²) in [5, 5.41) is 0. The van der Waals surface area contributed by atoms with E-state index in [4.69, 9.17) is 11.5 Å². The SMILES string of the molecule is NC(=O)c1ccc2c(c1)SCC[C@@H]2N. The van der Waals surface area contributed by atoms with E-state index in [0.29, 0.717) is 5.56 Å². The van der Waals surface area contributed by atoms with Gasteiger partial charge in [0.25, 0.3) is 0 Å². The fourth-order valence-electron chi connectivity index (χ4n) is 1.57. The first kappa shape index (κ1) is 9.55. The molecule has 3 nitrogen and oxygen atoms in total. The molecule has 1 amide bonds. The Bertz CT molecular complexity index is 378.